The first-order chi connectivity index (χ1) is 22.1. The predicted molar refractivity (Wildman–Crippen MR) is 186 cm³/mol. The number of carbonyl (C=O) groups excluding carboxylic acids is 3. The van der Waals surface area contributed by atoms with Crippen LogP contribution in [0.2, 0.25) is 0 Å². The van der Waals surface area contributed by atoms with Crippen LogP contribution in [0.4, 0.5) is 10.5 Å². The van der Waals surface area contributed by atoms with Gasteiger partial charge in [-0.1, -0.05) is 44.2 Å². The average Bonchev–Trinajstić information content (AvgIpc) is 2.99. The van der Waals surface area contributed by atoms with Crippen LogP contribution in [0.5, 0.6) is 11.5 Å². The van der Waals surface area contributed by atoms with E-state index < -0.39 is 29.7 Å². The molecule has 3 amide bonds. The maximum atomic E-state index is 15.0. The van der Waals surface area contributed by atoms with Crippen molar-refractivity contribution in [1.29, 1.82) is 0 Å². The smallest absolute Gasteiger partial charge is 0.408 e. The molecular formula is C38H51N3O6. The van der Waals surface area contributed by atoms with Gasteiger partial charge in [0.1, 0.15) is 29.2 Å². The summed E-state index contributed by atoms with van der Waals surface area (Å²) in [5, 5.41) is 15.7. The summed E-state index contributed by atoms with van der Waals surface area (Å²) < 4.78 is 10.9. The van der Waals surface area contributed by atoms with Crippen molar-refractivity contribution < 1.29 is 29.0 Å². The molecule has 3 rings (SSSR count). The highest BCUT2D eigenvalue weighted by atomic mass is 16.6. The average molecular weight is 646 g/mol. The maximum absolute atomic E-state index is 15.0. The van der Waals surface area contributed by atoms with Crippen LogP contribution < -0.4 is 15.4 Å². The van der Waals surface area contributed by atoms with E-state index in [9.17, 15) is 19.5 Å². The number of rotatable bonds is 13. The van der Waals surface area contributed by atoms with E-state index in [0.29, 0.717) is 23.8 Å². The standard InChI is InChI=1S/C38H51N3O6/c1-24(2)13-14-27(5)41(36(44)32(40-37(45)47-38(6,7)8)23-28-15-19-30(42)20-16-28)34(33-25(3)11-10-12-26(33)4)35(43)39-29-17-21-31(46-9)22-18-29/h10-12,15-22,24,27,32,34,42H,13-14,23H2,1-9H3,(H,39,43)(H,40,45). The van der Waals surface area contributed by atoms with Gasteiger partial charge < -0.3 is 30.1 Å². The van der Waals surface area contributed by atoms with E-state index in [2.05, 4.69) is 24.5 Å². The SMILES string of the molecule is COc1ccc(NC(=O)C(c2c(C)cccc2C)N(C(=O)C(Cc2ccc(O)cc2)NC(=O)OC(C)(C)C)C(C)CCC(C)C)cc1. The van der Waals surface area contributed by atoms with Gasteiger partial charge in [0, 0.05) is 18.2 Å². The van der Waals surface area contributed by atoms with Crippen molar-refractivity contribution in [2.75, 3.05) is 12.4 Å². The monoisotopic (exact) mass is 645 g/mol. The van der Waals surface area contributed by atoms with Crippen LogP contribution >= 0.6 is 0 Å². The molecule has 3 atom stereocenters. The van der Waals surface area contributed by atoms with Gasteiger partial charge in [-0.2, -0.15) is 0 Å². The number of ether oxygens (including phenoxy) is 2. The molecule has 0 aliphatic rings. The summed E-state index contributed by atoms with van der Waals surface area (Å²) in [6.45, 7) is 15.3. The number of nitrogens with one attached hydrogen (secondary N) is 2. The number of aryl methyl sites for hydroxylation is 2. The number of anilines is 1. The predicted octanol–water partition coefficient (Wildman–Crippen LogP) is 7.49. The second kappa shape index (κ2) is 16.3. The lowest BCUT2D eigenvalue weighted by molar-refractivity contribution is -0.143. The van der Waals surface area contributed by atoms with Crippen molar-refractivity contribution in [3.05, 3.63) is 89.0 Å². The Morgan fingerprint density at radius 2 is 1.47 bits per heavy atom. The van der Waals surface area contributed by atoms with Gasteiger partial charge in [0.05, 0.1) is 7.11 Å². The molecule has 3 aromatic carbocycles. The van der Waals surface area contributed by atoms with Gasteiger partial charge in [0.25, 0.3) is 5.91 Å². The molecule has 254 valence electrons. The van der Waals surface area contributed by atoms with Crippen LogP contribution in [0.25, 0.3) is 0 Å². The summed E-state index contributed by atoms with van der Waals surface area (Å²) >= 11 is 0. The topological polar surface area (TPSA) is 117 Å². The van der Waals surface area contributed by atoms with Crippen LogP contribution in [0, 0.1) is 19.8 Å². The fraction of sp³-hybridized carbons (Fsp3) is 0.447. The van der Waals surface area contributed by atoms with Gasteiger partial charge in [0.2, 0.25) is 5.91 Å². The Bertz CT molecular complexity index is 1480. The molecule has 0 saturated heterocycles. The maximum Gasteiger partial charge on any atom is 0.408 e. The second-order valence-electron chi connectivity index (χ2n) is 13.6. The van der Waals surface area contributed by atoms with Crippen molar-refractivity contribution in [1.82, 2.24) is 10.2 Å². The van der Waals surface area contributed by atoms with E-state index in [1.54, 1.807) is 69.2 Å². The number of nitrogens with zero attached hydrogens (tertiary/aromatic N) is 1. The highest BCUT2D eigenvalue weighted by Crippen LogP contribution is 2.33. The first-order valence-electron chi connectivity index (χ1n) is 16.2. The summed E-state index contributed by atoms with van der Waals surface area (Å²) in [5.41, 5.74) is 2.94. The molecule has 0 spiro atoms. The number of hydrogen-bond acceptors (Lipinski definition) is 6. The third kappa shape index (κ3) is 10.8. The Balaban J connectivity index is 2.18. The Morgan fingerprint density at radius 1 is 0.872 bits per heavy atom. The number of benzene rings is 3. The molecular weight excluding hydrogens is 594 g/mol. The van der Waals surface area contributed by atoms with E-state index >= 15 is 0 Å². The first kappa shape index (κ1) is 36.9. The van der Waals surface area contributed by atoms with Gasteiger partial charge in [-0.25, -0.2) is 4.79 Å². The molecule has 9 heteroatoms. The number of carbonyl (C=O) groups is 3. The van der Waals surface area contributed by atoms with Crippen LogP contribution in [-0.4, -0.2) is 52.7 Å². The molecule has 3 N–H and O–H groups in total. The number of hydrogen-bond donors (Lipinski definition) is 3. The van der Waals surface area contributed by atoms with Crippen molar-refractivity contribution >= 4 is 23.6 Å². The number of amides is 3. The lowest BCUT2D eigenvalue weighted by Crippen LogP contribution is -2.56. The minimum absolute atomic E-state index is 0.0888. The molecule has 0 aliphatic carbocycles. The van der Waals surface area contributed by atoms with Gasteiger partial charge in [-0.05, 0) is 119 Å². The molecule has 0 aromatic heterocycles. The highest BCUT2D eigenvalue weighted by Gasteiger charge is 2.40. The second-order valence-corrected chi connectivity index (χ2v) is 13.6. The van der Waals surface area contributed by atoms with Gasteiger partial charge >= 0.3 is 6.09 Å². The zero-order chi connectivity index (χ0) is 34.9. The largest absolute Gasteiger partial charge is 0.508 e. The summed E-state index contributed by atoms with van der Waals surface area (Å²) in [4.78, 5) is 44.3. The van der Waals surface area contributed by atoms with Crippen molar-refractivity contribution in [3.63, 3.8) is 0 Å². The summed E-state index contributed by atoms with van der Waals surface area (Å²) in [5.74, 6) is 0.314. The number of aromatic hydroxyl groups is 1. The Kier molecular flexibility index (Phi) is 12.8. The molecule has 0 fully saturated rings. The minimum Gasteiger partial charge on any atom is -0.508 e. The van der Waals surface area contributed by atoms with Crippen molar-refractivity contribution in [2.45, 2.75) is 98.4 Å². The molecule has 0 radical (unpaired) electrons. The van der Waals surface area contributed by atoms with Crippen LogP contribution in [0.15, 0.2) is 66.7 Å². The van der Waals surface area contributed by atoms with Gasteiger partial charge in [-0.3, -0.25) is 9.59 Å². The normalized spacial score (nSPS) is 13.3. The summed E-state index contributed by atoms with van der Waals surface area (Å²) in [6, 6.07) is 16.8. The zero-order valence-electron chi connectivity index (χ0n) is 29.2. The minimum atomic E-state index is -1.07. The lowest BCUT2D eigenvalue weighted by atomic mass is 9.91. The molecule has 0 bridgehead atoms. The molecule has 0 heterocycles. The lowest BCUT2D eigenvalue weighted by Gasteiger charge is -2.40. The fourth-order valence-corrected chi connectivity index (χ4v) is 5.55. The quantitative estimate of drug-likeness (QED) is 0.177. The van der Waals surface area contributed by atoms with Crippen molar-refractivity contribution in [3.8, 4) is 11.5 Å². The number of alkyl carbamates (subject to hydrolysis) is 1. The number of methoxy groups -OCH3 is 1. The van der Waals surface area contributed by atoms with E-state index in [1.807, 2.05) is 39.0 Å². The van der Waals surface area contributed by atoms with Crippen molar-refractivity contribution in [2.24, 2.45) is 5.92 Å². The third-order valence-corrected chi connectivity index (χ3v) is 7.96. The van der Waals surface area contributed by atoms with Crippen LogP contribution in [0.3, 0.4) is 0 Å². The molecule has 0 saturated carbocycles. The highest BCUT2D eigenvalue weighted by molar-refractivity contribution is 5.99. The molecule has 9 nitrogen and oxygen atoms in total. The van der Waals surface area contributed by atoms with E-state index in [1.165, 1.54) is 12.1 Å². The fourth-order valence-electron chi connectivity index (χ4n) is 5.55. The van der Waals surface area contributed by atoms with E-state index in [4.69, 9.17) is 9.47 Å². The van der Waals surface area contributed by atoms with E-state index in [0.717, 1.165) is 28.7 Å². The van der Waals surface area contributed by atoms with Crippen LogP contribution in [-0.2, 0) is 20.7 Å². The first-order valence-corrected chi connectivity index (χ1v) is 16.2. The molecule has 3 unspecified atom stereocenters. The zero-order valence-corrected chi connectivity index (χ0v) is 29.2. The summed E-state index contributed by atoms with van der Waals surface area (Å²) in [6.07, 6.45) is 0.840. The molecule has 3 aromatic rings. The Labute approximate surface area is 279 Å². The van der Waals surface area contributed by atoms with Gasteiger partial charge in [-0.15, -0.1) is 0 Å². The van der Waals surface area contributed by atoms with Gasteiger partial charge in [0.15, 0.2) is 0 Å². The van der Waals surface area contributed by atoms with Crippen LogP contribution in [0.1, 0.15) is 82.7 Å². The number of phenols is 1. The van der Waals surface area contributed by atoms with E-state index in [-0.39, 0.29) is 24.1 Å². The number of phenolic OH excluding ortho intramolecular Hbond substituents is 1. The molecule has 0 aliphatic heterocycles. The third-order valence-electron chi connectivity index (χ3n) is 7.96. The Morgan fingerprint density at radius 3 is 2.00 bits per heavy atom. The summed E-state index contributed by atoms with van der Waals surface area (Å²) in [7, 11) is 1.58. The Hall–Kier alpha value is -4.53. The molecule has 47 heavy (non-hydrogen) atoms.